The highest BCUT2D eigenvalue weighted by Crippen LogP contribution is 2.31. The van der Waals surface area contributed by atoms with Crippen LogP contribution in [-0.2, 0) is 6.18 Å². The smallest absolute Gasteiger partial charge is 0.393 e. The van der Waals surface area contributed by atoms with E-state index in [9.17, 15) is 13.2 Å². The summed E-state index contributed by atoms with van der Waals surface area (Å²) in [6.45, 7) is 1.87. The molecule has 0 aliphatic heterocycles. The molecule has 0 aliphatic carbocycles. The van der Waals surface area contributed by atoms with Gasteiger partial charge in [0.1, 0.15) is 5.52 Å². The van der Waals surface area contributed by atoms with E-state index in [-0.39, 0.29) is 11.6 Å². The number of aromatic nitrogens is 3. The van der Waals surface area contributed by atoms with Crippen molar-refractivity contribution in [2.24, 2.45) is 5.73 Å². The molecule has 0 aliphatic rings. The lowest BCUT2D eigenvalue weighted by Crippen LogP contribution is -2.33. The SMILES string of the molecule is CC(CC(N)=S)N(C)c1nccn2nc(C(F)(F)F)cc12. The molecule has 2 aromatic rings. The quantitative estimate of drug-likeness (QED) is 0.877. The molecule has 0 amide bonds. The van der Waals surface area contributed by atoms with E-state index in [0.717, 1.165) is 10.6 Å². The first kappa shape index (κ1) is 15.5. The summed E-state index contributed by atoms with van der Waals surface area (Å²) in [5.41, 5.74) is 4.83. The fourth-order valence-corrected chi connectivity index (χ4v) is 2.20. The Hall–Kier alpha value is -1.90. The molecule has 1 unspecified atom stereocenters. The molecule has 2 N–H and O–H groups in total. The molecule has 0 saturated heterocycles. The number of thiocarbonyl (C=S) groups is 1. The second kappa shape index (κ2) is 5.47. The number of nitrogens with two attached hydrogens (primary N) is 1. The Morgan fingerprint density at radius 3 is 2.76 bits per heavy atom. The topological polar surface area (TPSA) is 59.5 Å². The van der Waals surface area contributed by atoms with E-state index in [0.29, 0.717) is 17.2 Å². The molecular formula is C12H14F3N5S. The number of nitrogens with zero attached hydrogens (tertiary/aromatic N) is 4. The number of hydrogen-bond donors (Lipinski definition) is 1. The Bertz CT molecular complexity index is 666. The van der Waals surface area contributed by atoms with Gasteiger partial charge in [0.2, 0.25) is 0 Å². The molecular weight excluding hydrogens is 303 g/mol. The summed E-state index contributed by atoms with van der Waals surface area (Å²) in [5.74, 6) is 0.393. The Morgan fingerprint density at radius 1 is 1.52 bits per heavy atom. The van der Waals surface area contributed by atoms with Gasteiger partial charge in [0.25, 0.3) is 0 Å². The molecule has 114 valence electrons. The predicted molar refractivity (Wildman–Crippen MR) is 77.3 cm³/mol. The largest absolute Gasteiger partial charge is 0.435 e. The second-order valence-electron chi connectivity index (χ2n) is 4.74. The van der Waals surface area contributed by atoms with E-state index in [4.69, 9.17) is 18.0 Å². The average molecular weight is 317 g/mol. The molecule has 0 radical (unpaired) electrons. The average Bonchev–Trinajstić information content (AvgIpc) is 2.80. The summed E-state index contributed by atoms with van der Waals surface area (Å²) in [6.07, 6.45) is -1.28. The molecule has 2 aromatic heterocycles. The van der Waals surface area contributed by atoms with Crippen molar-refractivity contribution in [3.05, 3.63) is 24.2 Å². The van der Waals surface area contributed by atoms with E-state index in [1.807, 2.05) is 6.92 Å². The molecule has 0 saturated carbocycles. The molecule has 2 heterocycles. The van der Waals surface area contributed by atoms with Crippen molar-refractivity contribution < 1.29 is 13.2 Å². The van der Waals surface area contributed by atoms with Crippen LogP contribution in [-0.4, -0.2) is 32.7 Å². The van der Waals surface area contributed by atoms with Gasteiger partial charge in [-0.05, 0) is 6.92 Å². The monoisotopic (exact) mass is 317 g/mol. The zero-order chi connectivity index (χ0) is 15.8. The number of fused-ring (bicyclic) bond motifs is 1. The third-order valence-electron chi connectivity index (χ3n) is 3.15. The Morgan fingerprint density at radius 2 is 2.19 bits per heavy atom. The lowest BCUT2D eigenvalue weighted by atomic mass is 10.2. The minimum Gasteiger partial charge on any atom is -0.393 e. The molecule has 1 atom stereocenters. The summed E-state index contributed by atoms with van der Waals surface area (Å²) in [5, 5.41) is 3.52. The highest BCUT2D eigenvalue weighted by atomic mass is 32.1. The van der Waals surface area contributed by atoms with E-state index in [2.05, 4.69) is 10.1 Å². The normalized spacial score (nSPS) is 13.4. The van der Waals surface area contributed by atoms with Crippen LogP contribution in [0.5, 0.6) is 0 Å². The van der Waals surface area contributed by atoms with Crippen molar-refractivity contribution in [2.45, 2.75) is 25.6 Å². The van der Waals surface area contributed by atoms with Crippen LogP contribution in [0.4, 0.5) is 19.0 Å². The summed E-state index contributed by atoms with van der Waals surface area (Å²) < 4.78 is 39.4. The van der Waals surface area contributed by atoms with Gasteiger partial charge < -0.3 is 10.6 Å². The first-order chi connectivity index (χ1) is 9.70. The van der Waals surface area contributed by atoms with Crippen LogP contribution in [0.15, 0.2) is 18.5 Å². The predicted octanol–water partition coefficient (Wildman–Crippen LogP) is 2.25. The summed E-state index contributed by atoms with van der Waals surface area (Å²) in [7, 11) is 1.73. The number of anilines is 1. The molecule has 5 nitrogen and oxygen atoms in total. The maximum atomic E-state index is 12.7. The molecule has 0 bridgehead atoms. The van der Waals surface area contributed by atoms with E-state index < -0.39 is 11.9 Å². The standard InChI is InChI=1S/C12H14F3N5S/c1-7(5-10(16)21)19(2)11-8-6-9(12(13,14)15)18-20(8)4-3-17-11/h3-4,6-7H,5H2,1-2H3,(H2,16,21). The third-order valence-corrected chi connectivity index (χ3v) is 3.32. The second-order valence-corrected chi connectivity index (χ2v) is 5.26. The van der Waals surface area contributed by atoms with E-state index in [1.165, 1.54) is 12.4 Å². The third kappa shape index (κ3) is 3.23. The molecule has 2 rings (SSSR count). The van der Waals surface area contributed by atoms with Gasteiger partial charge in [0.05, 0.1) is 4.99 Å². The van der Waals surface area contributed by atoms with Crippen LogP contribution in [0.2, 0.25) is 0 Å². The minimum atomic E-state index is -4.49. The number of alkyl halides is 3. The maximum Gasteiger partial charge on any atom is 0.435 e. The van der Waals surface area contributed by atoms with Gasteiger partial charge in [-0.2, -0.15) is 18.3 Å². The number of halogens is 3. The fourth-order valence-electron chi connectivity index (χ4n) is 1.96. The van der Waals surface area contributed by atoms with Gasteiger partial charge in [0, 0.05) is 38.0 Å². The fraction of sp³-hybridized carbons (Fsp3) is 0.417. The van der Waals surface area contributed by atoms with Crippen LogP contribution >= 0.6 is 12.2 Å². The van der Waals surface area contributed by atoms with Crippen LogP contribution in [0, 0.1) is 0 Å². The van der Waals surface area contributed by atoms with Gasteiger partial charge in [-0.25, -0.2) is 9.50 Å². The van der Waals surface area contributed by atoms with Crippen molar-refractivity contribution in [3.8, 4) is 0 Å². The van der Waals surface area contributed by atoms with Gasteiger partial charge in [0.15, 0.2) is 11.5 Å². The van der Waals surface area contributed by atoms with Crippen molar-refractivity contribution in [1.29, 1.82) is 0 Å². The number of hydrogen-bond acceptors (Lipinski definition) is 4. The van der Waals surface area contributed by atoms with Gasteiger partial charge in [-0.3, -0.25) is 0 Å². The lowest BCUT2D eigenvalue weighted by Gasteiger charge is -2.25. The zero-order valence-corrected chi connectivity index (χ0v) is 12.2. The summed E-state index contributed by atoms with van der Waals surface area (Å²) in [4.78, 5) is 6.22. The van der Waals surface area contributed by atoms with Crippen molar-refractivity contribution in [1.82, 2.24) is 14.6 Å². The van der Waals surface area contributed by atoms with Crippen LogP contribution in [0.25, 0.3) is 5.52 Å². The molecule has 0 spiro atoms. The van der Waals surface area contributed by atoms with Crippen LogP contribution in [0.1, 0.15) is 19.0 Å². The molecule has 9 heteroatoms. The summed E-state index contributed by atoms with van der Waals surface area (Å²) >= 11 is 4.85. The van der Waals surface area contributed by atoms with E-state index in [1.54, 1.807) is 11.9 Å². The minimum absolute atomic E-state index is 0.0922. The van der Waals surface area contributed by atoms with Crippen molar-refractivity contribution in [2.75, 3.05) is 11.9 Å². The highest BCUT2D eigenvalue weighted by molar-refractivity contribution is 7.80. The lowest BCUT2D eigenvalue weighted by molar-refractivity contribution is -0.141. The van der Waals surface area contributed by atoms with Gasteiger partial charge in [-0.1, -0.05) is 12.2 Å². The molecule has 21 heavy (non-hydrogen) atoms. The maximum absolute atomic E-state index is 12.7. The molecule has 0 fully saturated rings. The Balaban J connectivity index is 2.44. The Labute approximate surface area is 124 Å². The van der Waals surface area contributed by atoms with Gasteiger partial charge >= 0.3 is 6.18 Å². The number of rotatable bonds is 4. The van der Waals surface area contributed by atoms with Crippen LogP contribution in [0.3, 0.4) is 0 Å². The summed E-state index contributed by atoms with van der Waals surface area (Å²) in [6, 6.07) is 0.886. The van der Waals surface area contributed by atoms with Crippen molar-refractivity contribution >= 4 is 28.5 Å². The first-order valence-corrected chi connectivity index (χ1v) is 6.53. The van der Waals surface area contributed by atoms with E-state index >= 15 is 0 Å². The zero-order valence-electron chi connectivity index (χ0n) is 11.4. The Kier molecular flexibility index (Phi) is 4.04. The van der Waals surface area contributed by atoms with Gasteiger partial charge in [-0.15, -0.1) is 0 Å². The first-order valence-electron chi connectivity index (χ1n) is 6.13. The highest BCUT2D eigenvalue weighted by Gasteiger charge is 2.34. The van der Waals surface area contributed by atoms with Crippen LogP contribution < -0.4 is 10.6 Å². The van der Waals surface area contributed by atoms with Crippen molar-refractivity contribution in [3.63, 3.8) is 0 Å². The molecule has 0 aromatic carbocycles.